The van der Waals surface area contributed by atoms with Gasteiger partial charge in [-0.05, 0) is 47.7 Å². The van der Waals surface area contributed by atoms with E-state index in [2.05, 4.69) is 48.7 Å². The summed E-state index contributed by atoms with van der Waals surface area (Å²) in [5, 5.41) is 17.7. The van der Waals surface area contributed by atoms with Gasteiger partial charge in [-0.25, -0.2) is 0 Å². The molecule has 0 aliphatic heterocycles. The second-order valence-electron chi connectivity index (χ2n) is 3.86. The van der Waals surface area contributed by atoms with Crippen LogP contribution in [0.25, 0.3) is 11.4 Å². The van der Waals surface area contributed by atoms with Crippen LogP contribution in [0.2, 0.25) is 0 Å². The number of hydrogen-bond donors (Lipinski definition) is 1. The molecule has 2 aromatic rings. The third kappa shape index (κ3) is 3.53. The Bertz CT molecular complexity index is 648. The Morgan fingerprint density at radius 2 is 2.25 bits per heavy atom. The van der Waals surface area contributed by atoms with E-state index in [4.69, 9.17) is 5.11 Å². The van der Waals surface area contributed by atoms with Crippen molar-refractivity contribution >= 4 is 56.3 Å². The Labute approximate surface area is 142 Å². The molecule has 0 fully saturated rings. The highest BCUT2D eigenvalue weighted by Crippen LogP contribution is 2.30. The first-order valence-corrected chi connectivity index (χ1v) is 8.62. The highest BCUT2D eigenvalue weighted by atomic mass is 127. The van der Waals surface area contributed by atoms with Crippen molar-refractivity contribution in [2.24, 2.45) is 0 Å². The van der Waals surface area contributed by atoms with Gasteiger partial charge in [0.2, 0.25) is 0 Å². The fourth-order valence-electron chi connectivity index (χ4n) is 1.67. The van der Waals surface area contributed by atoms with Crippen LogP contribution in [0.15, 0.2) is 27.8 Å². The van der Waals surface area contributed by atoms with Crippen LogP contribution in [0, 0.1) is 3.57 Å². The average molecular weight is 468 g/mol. The first-order valence-electron chi connectivity index (χ1n) is 5.76. The highest BCUT2D eigenvalue weighted by molar-refractivity contribution is 14.1. The van der Waals surface area contributed by atoms with Crippen molar-refractivity contribution in [3.8, 4) is 11.4 Å². The van der Waals surface area contributed by atoms with E-state index >= 15 is 0 Å². The number of rotatable bonds is 5. The van der Waals surface area contributed by atoms with Gasteiger partial charge < -0.3 is 9.67 Å². The van der Waals surface area contributed by atoms with Crippen LogP contribution < -0.4 is 0 Å². The van der Waals surface area contributed by atoms with Crippen molar-refractivity contribution in [1.82, 2.24) is 14.8 Å². The van der Waals surface area contributed by atoms with Gasteiger partial charge in [0.25, 0.3) is 0 Å². The number of halogens is 2. The van der Waals surface area contributed by atoms with Gasteiger partial charge in [0, 0.05) is 20.2 Å². The fourth-order valence-corrected chi connectivity index (χ4v) is 3.31. The van der Waals surface area contributed by atoms with Gasteiger partial charge in [0.05, 0.1) is 5.75 Å². The number of carboxylic acids is 1. The van der Waals surface area contributed by atoms with Crippen LogP contribution >= 0.6 is 50.3 Å². The van der Waals surface area contributed by atoms with Crippen molar-refractivity contribution < 1.29 is 9.90 Å². The molecule has 0 radical (unpaired) electrons. The average Bonchev–Trinajstić information content (AvgIpc) is 2.81. The van der Waals surface area contributed by atoms with Crippen LogP contribution in [-0.4, -0.2) is 31.6 Å². The number of hydrogen-bond acceptors (Lipinski definition) is 4. The minimum atomic E-state index is -0.863. The summed E-state index contributed by atoms with van der Waals surface area (Å²) in [5.41, 5.74) is 0.952. The van der Waals surface area contributed by atoms with E-state index < -0.39 is 5.97 Å². The predicted molar refractivity (Wildman–Crippen MR) is 89.9 cm³/mol. The van der Waals surface area contributed by atoms with Crippen molar-refractivity contribution in [3.05, 3.63) is 26.2 Å². The summed E-state index contributed by atoms with van der Waals surface area (Å²) in [6.45, 7) is 2.67. The fraction of sp³-hybridized carbons (Fsp3) is 0.250. The lowest BCUT2D eigenvalue weighted by Crippen LogP contribution is -2.03. The van der Waals surface area contributed by atoms with Gasteiger partial charge in [-0.1, -0.05) is 27.7 Å². The molecule has 1 aromatic carbocycles. The summed E-state index contributed by atoms with van der Waals surface area (Å²) < 4.78 is 3.96. The molecule has 0 spiro atoms. The largest absolute Gasteiger partial charge is 0.481 e. The molecule has 5 nitrogen and oxygen atoms in total. The van der Waals surface area contributed by atoms with Gasteiger partial charge in [-0.15, -0.1) is 10.2 Å². The lowest BCUT2D eigenvalue weighted by molar-refractivity contribution is -0.133. The quantitative estimate of drug-likeness (QED) is 0.538. The van der Waals surface area contributed by atoms with Crippen molar-refractivity contribution in [2.75, 3.05) is 5.75 Å². The molecule has 0 aliphatic carbocycles. The number of carbonyl (C=O) groups is 1. The summed E-state index contributed by atoms with van der Waals surface area (Å²) >= 11 is 6.94. The third-order valence-electron chi connectivity index (χ3n) is 2.53. The maximum absolute atomic E-state index is 10.7. The van der Waals surface area contributed by atoms with Crippen LogP contribution in [0.1, 0.15) is 6.92 Å². The molecule has 0 amide bonds. The Morgan fingerprint density at radius 3 is 2.90 bits per heavy atom. The molecular weight excluding hydrogens is 457 g/mol. The van der Waals surface area contributed by atoms with E-state index in [1.807, 2.05) is 29.7 Å². The van der Waals surface area contributed by atoms with Gasteiger partial charge >= 0.3 is 5.97 Å². The highest BCUT2D eigenvalue weighted by Gasteiger charge is 2.16. The van der Waals surface area contributed by atoms with E-state index in [1.165, 1.54) is 11.8 Å². The smallest absolute Gasteiger partial charge is 0.313 e. The molecule has 2 rings (SSSR count). The van der Waals surface area contributed by atoms with Crippen molar-refractivity contribution in [2.45, 2.75) is 18.6 Å². The molecule has 0 aliphatic rings. The van der Waals surface area contributed by atoms with E-state index in [9.17, 15) is 4.79 Å². The molecule has 0 saturated heterocycles. The third-order valence-corrected chi connectivity index (χ3v) is 4.84. The zero-order valence-electron chi connectivity index (χ0n) is 10.5. The SMILES string of the molecule is CCn1c(SCC(=O)O)nnc1-c1cc(I)ccc1Br. The van der Waals surface area contributed by atoms with Crippen molar-refractivity contribution in [1.29, 1.82) is 0 Å². The van der Waals surface area contributed by atoms with Crippen LogP contribution in [0.3, 0.4) is 0 Å². The standard InChI is InChI=1S/C12H11BrIN3O2S/c1-2-17-11(8-5-7(14)3-4-9(8)13)15-16-12(17)20-6-10(18)19/h3-5H,2,6H2,1H3,(H,18,19). The summed E-state index contributed by atoms with van der Waals surface area (Å²) in [5.74, 6) is -0.144. The first-order chi connectivity index (χ1) is 9.52. The maximum Gasteiger partial charge on any atom is 0.313 e. The molecule has 1 heterocycles. The van der Waals surface area contributed by atoms with E-state index in [1.54, 1.807) is 0 Å². The van der Waals surface area contributed by atoms with E-state index in [0.717, 1.165) is 19.4 Å². The second kappa shape index (κ2) is 6.90. The predicted octanol–water partition coefficient (Wildman–Crippen LogP) is 3.51. The van der Waals surface area contributed by atoms with Gasteiger partial charge in [-0.3, -0.25) is 4.79 Å². The second-order valence-corrected chi connectivity index (χ2v) is 6.90. The first kappa shape index (κ1) is 15.8. The number of benzene rings is 1. The number of thioether (sulfide) groups is 1. The molecule has 106 valence electrons. The van der Waals surface area contributed by atoms with Crippen LogP contribution in [0.4, 0.5) is 0 Å². The monoisotopic (exact) mass is 467 g/mol. The molecule has 0 bridgehead atoms. The minimum absolute atomic E-state index is 0.0222. The van der Waals surface area contributed by atoms with Crippen molar-refractivity contribution in [3.63, 3.8) is 0 Å². The zero-order valence-corrected chi connectivity index (χ0v) is 15.1. The molecule has 20 heavy (non-hydrogen) atoms. The molecule has 8 heteroatoms. The summed E-state index contributed by atoms with van der Waals surface area (Å²) in [4.78, 5) is 10.7. The van der Waals surface area contributed by atoms with Crippen LogP contribution in [-0.2, 0) is 11.3 Å². The van der Waals surface area contributed by atoms with Gasteiger partial charge in [0.15, 0.2) is 11.0 Å². The Morgan fingerprint density at radius 1 is 1.50 bits per heavy atom. The normalized spacial score (nSPS) is 10.8. The van der Waals surface area contributed by atoms with Gasteiger partial charge in [-0.2, -0.15) is 0 Å². The summed E-state index contributed by atoms with van der Waals surface area (Å²) in [6.07, 6.45) is 0. The molecule has 0 saturated carbocycles. The van der Waals surface area contributed by atoms with E-state index in [-0.39, 0.29) is 5.75 Å². The van der Waals surface area contributed by atoms with Gasteiger partial charge in [0.1, 0.15) is 0 Å². The van der Waals surface area contributed by atoms with Crippen LogP contribution in [0.5, 0.6) is 0 Å². The number of aliphatic carboxylic acids is 1. The molecular formula is C12H11BrIN3O2S. The zero-order chi connectivity index (χ0) is 14.7. The van der Waals surface area contributed by atoms with E-state index in [0.29, 0.717) is 11.7 Å². The summed E-state index contributed by atoms with van der Waals surface area (Å²) in [7, 11) is 0. The molecule has 1 N–H and O–H groups in total. The maximum atomic E-state index is 10.7. The Balaban J connectivity index is 2.42. The minimum Gasteiger partial charge on any atom is -0.481 e. The molecule has 0 unspecified atom stereocenters. The Hall–Kier alpha value is -0.610. The number of aromatic nitrogens is 3. The Kier molecular flexibility index (Phi) is 5.44. The topological polar surface area (TPSA) is 68.0 Å². The molecule has 0 atom stereocenters. The molecule has 1 aromatic heterocycles. The lowest BCUT2D eigenvalue weighted by Gasteiger charge is -2.08. The lowest BCUT2D eigenvalue weighted by atomic mass is 10.2. The number of carboxylic acid groups (broad SMARTS) is 1. The summed E-state index contributed by atoms with van der Waals surface area (Å²) in [6, 6.07) is 5.99. The number of nitrogens with zero attached hydrogens (tertiary/aromatic N) is 3.